The van der Waals surface area contributed by atoms with Crippen LogP contribution in [0.5, 0.6) is 5.75 Å². The molecule has 42 heavy (non-hydrogen) atoms. The molecule has 1 aliphatic heterocycles. The maximum atomic E-state index is 13.8. The van der Waals surface area contributed by atoms with E-state index in [2.05, 4.69) is 11.6 Å². The molecule has 0 spiro atoms. The summed E-state index contributed by atoms with van der Waals surface area (Å²) >= 11 is 1.13. The number of allylic oxidation sites excluding steroid dienone is 1. The Morgan fingerprint density at radius 3 is 2.50 bits per heavy atom. The van der Waals surface area contributed by atoms with E-state index >= 15 is 0 Å². The van der Waals surface area contributed by atoms with Crippen LogP contribution < -0.4 is 19.6 Å². The molecular formula is C30H23N3O8S. The number of hydrogen-bond donors (Lipinski definition) is 0. The molecule has 0 aliphatic carbocycles. The number of carbonyl (C=O) groups is 2. The maximum absolute atomic E-state index is 13.8. The number of nitrogens with zero attached hydrogens (tertiary/aromatic N) is 3. The van der Waals surface area contributed by atoms with E-state index in [1.54, 1.807) is 61.5 Å². The normalized spacial score (nSPS) is 14.6. The number of furan rings is 1. The average molecular weight is 586 g/mol. The van der Waals surface area contributed by atoms with E-state index in [1.165, 1.54) is 29.7 Å². The number of nitro groups is 1. The molecule has 0 amide bonds. The van der Waals surface area contributed by atoms with Crippen LogP contribution >= 0.6 is 11.3 Å². The summed E-state index contributed by atoms with van der Waals surface area (Å²) < 4.78 is 18.1. The smallest absolute Gasteiger partial charge is 0.338 e. The van der Waals surface area contributed by atoms with E-state index in [4.69, 9.17) is 13.9 Å². The van der Waals surface area contributed by atoms with Crippen molar-refractivity contribution < 1.29 is 28.4 Å². The SMILES string of the molecule is C=CCOC(=O)C1=C(C)N=c2s/c(=C\c3ccc(-c4ccc([N+](=O)[O-])cc4)o3)c(=O)n2[C@H]1c1ccc(OC(C)=O)cc1. The minimum absolute atomic E-state index is 0.0201. The highest BCUT2D eigenvalue weighted by molar-refractivity contribution is 7.07. The van der Waals surface area contributed by atoms with Crippen molar-refractivity contribution in [2.24, 2.45) is 4.99 Å². The Bertz CT molecular complexity index is 1930. The molecule has 2 aromatic heterocycles. The Kier molecular flexibility index (Phi) is 7.80. The van der Waals surface area contributed by atoms with Crippen molar-refractivity contribution in [1.29, 1.82) is 0 Å². The fourth-order valence-electron chi connectivity index (χ4n) is 4.46. The minimum Gasteiger partial charge on any atom is -0.458 e. The largest absolute Gasteiger partial charge is 0.458 e. The molecule has 1 atom stereocenters. The molecule has 0 N–H and O–H groups in total. The number of ether oxygens (including phenoxy) is 2. The third-order valence-corrected chi connectivity index (χ3v) is 7.28. The molecule has 0 unspecified atom stereocenters. The first-order valence-corrected chi connectivity index (χ1v) is 13.4. The Hall–Kier alpha value is -5.36. The highest BCUT2D eigenvalue weighted by Crippen LogP contribution is 2.32. The van der Waals surface area contributed by atoms with Crippen molar-refractivity contribution in [3.8, 4) is 17.1 Å². The summed E-state index contributed by atoms with van der Waals surface area (Å²) in [5.74, 6) is 0.0554. The maximum Gasteiger partial charge on any atom is 0.338 e. The van der Waals surface area contributed by atoms with Crippen LogP contribution in [-0.2, 0) is 14.3 Å². The summed E-state index contributed by atoms with van der Waals surface area (Å²) in [6, 6.07) is 15.0. The van der Waals surface area contributed by atoms with E-state index in [0.717, 1.165) is 11.3 Å². The van der Waals surface area contributed by atoms with Gasteiger partial charge in [0.2, 0.25) is 0 Å². The van der Waals surface area contributed by atoms with E-state index in [0.29, 0.717) is 43.4 Å². The van der Waals surface area contributed by atoms with Gasteiger partial charge in [0.1, 0.15) is 23.9 Å². The highest BCUT2D eigenvalue weighted by Gasteiger charge is 2.33. The van der Waals surface area contributed by atoms with Gasteiger partial charge in [0.15, 0.2) is 4.80 Å². The standard InChI is InChI=1S/C30H23N3O8S/c1-4-15-39-29(36)26-17(2)31-30-32(27(26)20-7-11-22(12-8-20)40-18(3)34)28(35)25(42-30)16-23-13-14-24(41-23)19-5-9-21(10-6-19)33(37)38/h4-14,16,27H,1,15H2,2-3H3/b25-16-/t27-/m0/s1. The summed E-state index contributed by atoms with van der Waals surface area (Å²) in [6.45, 7) is 6.52. The summed E-state index contributed by atoms with van der Waals surface area (Å²) in [5, 5.41) is 11.0. The van der Waals surface area contributed by atoms with Crippen LogP contribution in [0.1, 0.15) is 31.2 Å². The number of esters is 2. The van der Waals surface area contributed by atoms with Crippen LogP contribution in [0.15, 0.2) is 98.8 Å². The molecule has 5 rings (SSSR count). The van der Waals surface area contributed by atoms with Crippen molar-refractivity contribution in [2.75, 3.05) is 6.61 Å². The Morgan fingerprint density at radius 2 is 1.86 bits per heavy atom. The molecule has 12 heteroatoms. The number of carbonyl (C=O) groups excluding carboxylic acids is 2. The molecule has 1 aliphatic rings. The number of aromatic nitrogens is 1. The van der Waals surface area contributed by atoms with Gasteiger partial charge in [-0.05, 0) is 48.9 Å². The van der Waals surface area contributed by atoms with Gasteiger partial charge in [0.05, 0.1) is 26.8 Å². The quantitative estimate of drug-likeness (QED) is 0.0991. The van der Waals surface area contributed by atoms with Crippen LogP contribution in [-0.4, -0.2) is 28.0 Å². The van der Waals surface area contributed by atoms with Crippen molar-refractivity contribution >= 4 is 35.0 Å². The second-order valence-corrected chi connectivity index (χ2v) is 10.1. The number of thiazole rings is 1. The van der Waals surface area contributed by atoms with Crippen LogP contribution in [0.3, 0.4) is 0 Å². The summed E-state index contributed by atoms with van der Waals surface area (Å²) in [7, 11) is 0. The highest BCUT2D eigenvalue weighted by atomic mass is 32.1. The molecule has 2 aromatic carbocycles. The first-order chi connectivity index (χ1) is 20.2. The average Bonchev–Trinajstić information content (AvgIpc) is 3.55. The lowest BCUT2D eigenvalue weighted by molar-refractivity contribution is -0.384. The molecule has 3 heterocycles. The van der Waals surface area contributed by atoms with E-state index in [1.807, 2.05) is 0 Å². The topological polar surface area (TPSA) is 143 Å². The number of hydrogen-bond acceptors (Lipinski definition) is 10. The van der Waals surface area contributed by atoms with Crippen molar-refractivity contribution in [2.45, 2.75) is 19.9 Å². The molecule has 0 saturated carbocycles. The lowest BCUT2D eigenvalue weighted by Gasteiger charge is -2.24. The predicted molar refractivity (Wildman–Crippen MR) is 153 cm³/mol. The fourth-order valence-corrected chi connectivity index (χ4v) is 5.48. The molecule has 0 saturated heterocycles. The monoisotopic (exact) mass is 585 g/mol. The van der Waals surface area contributed by atoms with Gasteiger partial charge >= 0.3 is 11.9 Å². The van der Waals surface area contributed by atoms with E-state index in [-0.39, 0.29) is 17.9 Å². The third kappa shape index (κ3) is 5.60. The second kappa shape index (κ2) is 11.6. The van der Waals surface area contributed by atoms with Gasteiger partial charge in [0, 0.05) is 30.7 Å². The Morgan fingerprint density at radius 1 is 1.14 bits per heavy atom. The van der Waals surface area contributed by atoms with Crippen molar-refractivity contribution in [1.82, 2.24) is 4.57 Å². The van der Waals surface area contributed by atoms with Gasteiger partial charge in [0.25, 0.3) is 11.2 Å². The van der Waals surface area contributed by atoms with Gasteiger partial charge in [-0.15, -0.1) is 0 Å². The summed E-state index contributed by atoms with van der Waals surface area (Å²) in [5.41, 5.74) is 1.36. The van der Waals surface area contributed by atoms with Crippen LogP contribution in [0.4, 0.5) is 5.69 Å². The number of benzene rings is 2. The van der Waals surface area contributed by atoms with Crippen molar-refractivity contribution in [3.05, 3.63) is 126 Å². The molecular weight excluding hydrogens is 562 g/mol. The zero-order valence-corrected chi connectivity index (χ0v) is 23.3. The molecule has 4 aromatic rings. The second-order valence-electron chi connectivity index (χ2n) is 9.14. The Balaban J connectivity index is 1.58. The van der Waals surface area contributed by atoms with Gasteiger partial charge < -0.3 is 13.9 Å². The third-order valence-electron chi connectivity index (χ3n) is 6.29. The Labute approximate surface area is 242 Å². The number of fused-ring (bicyclic) bond motifs is 1. The first kappa shape index (κ1) is 28.2. The van der Waals surface area contributed by atoms with E-state index < -0.39 is 28.5 Å². The lowest BCUT2D eigenvalue weighted by atomic mass is 9.96. The zero-order valence-electron chi connectivity index (χ0n) is 22.4. The molecule has 212 valence electrons. The van der Waals surface area contributed by atoms with Gasteiger partial charge in [-0.2, -0.15) is 0 Å². The molecule has 11 nitrogen and oxygen atoms in total. The van der Waals surface area contributed by atoms with Crippen molar-refractivity contribution in [3.63, 3.8) is 0 Å². The summed E-state index contributed by atoms with van der Waals surface area (Å²) in [4.78, 5) is 53.7. The predicted octanol–water partition coefficient (Wildman–Crippen LogP) is 4.06. The number of nitro benzene ring substituents is 1. The number of rotatable bonds is 8. The zero-order chi connectivity index (χ0) is 30.0. The van der Waals surface area contributed by atoms with Crippen LogP contribution in [0, 0.1) is 10.1 Å². The van der Waals surface area contributed by atoms with Crippen LogP contribution in [0.2, 0.25) is 0 Å². The van der Waals surface area contributed by atoms with Gasteiger partial charge in [-0.3, -0.25) is 24.3 Å². The summed E-state index contributed by atoms with van der Waals surface area (Å²) in [6.07, 6.45) is 3.02. The van der Waals surface area contributed by atoms with Crippen LogP contribution in [0.25, 0.3) is 17.4 Å². The van der Waals surface area contributed by atoms with E-state index in [9.17, 15) is 24.5 Å². The van der Waals surface area contributed by atoms with Gasteiger partial charge in [-0.25, -0.2) is 9.79 Å². The molecule has 0 radical (unpaired) electrons. The fraction of sp³-hybridized carbons (Fsp3) is 0.133. The lowest BCUT2D eigenvalue weighted by Crippen LogP contribution is -2.39. The van der Waals surface area contributed by atoms with Gasteiger partial charge in [-0.1, -0.05) is 36.1 Å². The first-order valence-electron chi connectivity index (χ1n) is 12.6. The molecule has 0 fully saturated rings. The molecule has 0 bridgehead atoms. The minimum atomic E-state index is -0.862. The number of non-ortho nitro benzene ring substituents is 1.